The predicted octanol–water partition coefficient (Wildman–Crippen LogP) is 3.09. The Bertz CT molecular complexity index is 1060. The van der Waals surface area contributed by atoms with Crippen LogP contribution in [0, 0.1) is 0 Å². The van der Waals surface area contributed by atoms with Crippen molar-refractivity contribution in [2.24, 2.45) is 0 Å². The molecule has 0 spiro atoms. The van der Waals surface area contributed by atoms with Crippen LogP contribution in [0.1, 0.15) is 12.5 Å². The standard InChI is InChI=1S/C21H20N4O4/c1-28-14-8-9-18(29-2)16(10-14)23-19(26)11-17-21(27)24-20-15(12-22-25(17)20)13-6-4-3-5-7-13/h3-10,12,17H,11H2,1-2H3,(H,23,26)(H,24,27). The van der Waals surface area contributed by atoms with Gasteiger partial charge in [0.1, 0.15) is 23.4 Å². The zero-order valence-corrected chi connectivity index (χ0v) is 16.0. The van der Waals surface area contributed by atoms with Crippen LogP contribution in [0.15, 0.2) is 54.7 Å². The van der Waals surface area contributed by atoms with Crippen molar-refractivity contribution < 1.29 is 19.1 Å². The van der Waals surface area contributed by atoms with E-state index in [1.54, 1.807) is 36.2 Å². The number of benzene rings is 2. The average molecular weight is 392 g/mol. The number of hydrogen-bond donors (Lipinski definition) is 2. The van der Waals surface area contributed by atoms with Crippen molar-refractivity contribution in [2.75, 3.05) is 24.9 Å². The number of anilines is 2. The Balaban J connectivity index is 1.54. The van der Waals surface area contributed by atoms with Gasteiger partial charge in [0.2, 0.25) is 5.91 Å². The number of carbonyl (C=O) groups is 2. The lowest BCUT2D eigenvalue weighted by atomic mass is 10.1. The maximum absolute atomic E-state index is 12.6. The van der Waals surface area contributed by atoms with Gasteiger partial charge >= 0.3 is 0 Å². The molecule has 1 atom stereocenters. The number of nitrogens with zero attached hydrogens (tertiary/aromatic N) is 2. The molecule has 2 N–H and O–H groups in total. The fraction of sp³-hybridized carbons (Fsp3) is 0.190. The molecular formula is C21H20N4O4. The van der Waals surface area contributed by atoms with E-state index in [2.05, 4.69) is 15.7 Å². The van der Waals surface area contributed by atoms with Crippen molar-refractivity contribution in [1.29, 1.82) is 0 Å². The molecular weight excluding hydrogens is 372 g/mol. The highest BCUT2D eigenvalue weighted by Gasteiger charge is 2.35. The molecule has 2 heterocycles. The monoisotopic (exact) mass is 392 g/mol. The van der Waals surface area contributed by atoms with Gasteiger partial charge in [-0.2, -0.15) is 5.10 Å². The van der Waals surface area contributed by atoms with E-state index in [0.29, 0.717) is 23.0 Å². The normalized spacial score (nSPS) is 14.8. The fourth-order valence-corrected chi connectivity index (χ4v) is 3.33. The van der Waals surface area contributed by atoms with E-state index in [4.69, 9.17) is 9.47 Å². The summed E-state index contributed by atoms with van der Waals surface area (Å²) in [5, 5.41) is 9.96. The van der Waals surface area contributed by atoms with Gasteiger partial charge in [0.25, 0.3) is 5.91 Å². The summed E-state index contributed by atoms with van der Waals surface area (Å²) in [5.74, 6) is 1.08. The highest BCUT2D eigenvalue weighted by molar-refractivity contribution is 6.04. The lowest BCUT2D eigenvalue weighted by Crippen LogP contribution is -2.23. The number of fused-ring (bicyclic) bond motifs is 1. The minimum atomic E-state index is -0.723. The van der Waals surface area contributed by atoms with Crippen LogP contribution in [0.3, 0.4) is 0 Å². The maximum atomic E-state index is 12.6. The molecule has 0 bridgehead atoms. The molecule has 1 aliphatic heterocycles. The first-order valence-electron chi connectivity index (χ1n) is 9.06. The Hall–Kier alpha value is -3.81. The number of aromatic nitrogens is 2. The SMILES string of the molecule is COc1ccc(OC)c(NC(=O)CC2C(=O)Nc3c(-c4ccccc4)cnn32)c1. The second-order valence-corrected chi connectivity index (χ2v) is 6.54. The predicted molar refractivity (Wildman–Crippen MR) is 108 cm³/mol. The van der Waals surface area contributed by atoms with Crippen molar-refractivity contribution in [1.82, 2.24) is 9.78 Å². The molecule has 1 aliphatic rings. The van der Waals surface area contributed by atoms with E-state index in [9.17, 15) is 9.59 Å². The van der Waals surface area contributed by atoms with Crippen molar-refractivity contribution in [3.05, 3.63) is 54.7 Å². The summed E-state index contributed by atoms with van der Waals surface area (Å²) >= 11 is 0. The first kappa shape index (κ1) is 18.5. The van der Waals surface area contributed by atoms with E-state index in [0.717, 1.165) is 11.1 Å². The average Bonchev–Trinajstić information content (AvgIpc) is 3.28. The van der Waals surface area contributed by atoms with Crippen LogP contribution in [0.2, 0.25) is 0 Å². The van der Waals surface area contributed by atoms with Crippen LogP contribution in [0.5, 0.6) is 11.5 Å². The highest BCUT2D eigenvalue weighted by atomic mass is 16.5. The lowest BCUT2D eigenvalue weighted by molar-refractivity contribution is -0.123. The molecule has 148 valence electrons. The number of carbonyl (C=O) groups excluding carboxylic acids is 2. The number of rotatable bonds is 6. The molecule has 8 nitrogen and oxygen atoms in total. The molecule has 29 heavy (non-hydrogen) atoms. The Morgan fingerprint density at radius 2 is 1.97 bits per heavy atom. The highest BCUT2D eigenvalue weighted by Crippen LogP contribution is 2.36. The van der Waals surface area contributed by atoms with Gasteiger partial charge in [0.15, 0.2) is 0 Å². The molecule has 2 amide bonds. The third-order valence-electron chi connectivity index (χ3n) is 4.78. The Morgan fingerprint density at radius 3 is 2.69 bits per heavy atom. The minimum absolute atomic E-state index is 0.0604. The molecule has 3 aromatic rings. The molecule has 0 saturated carbocycles. The number of amides is 2. The smallest absolute Gasteiger partial charge is 0.251 e. The first-order valence-corrected chi connectivity index (χ1v) is 9.06. The molecule has 8 heteroatoms. The quantitative estimate of drug-likeness (QED) is 0.672. The third-order valence-corrected chi connectivity index (χ3v) is 4.78. The van der Waals surface area contributed by atoms with E-state index in [1.165, 1.54) is 7.11 Å². The molecule has 2 aromatic carbocycles. The number of hydrogen-bond acceptors (Lipinski definition) is 5. The zero-order valence-electron chi connectivity index (χ0n) is 16.0. The number of methoxy groups -OCH3 is 2. The summed E-state index contributed by atoms with van der Waals surface area (Å²) in [5.41, 5.74) is 2.23. The van der Waals surface area contributed by atoms with Crippen molar-refractivity contribution in [2.45, 2.75) is 12.5 Å². The molecule has 0 aliphatic carbocycles. The zero-order chi connectivity index (χ0) is 20.4. The number of ether oxygens (including phenoxy) is 2. The second kappa shape index (κ2) is 7.67. The van der Waals surface area contributed by atoms with Crippen LogP contribution in [-0.2, 0) is 9.59 Å². The van der Waals surface area contributed by atoms with Gasteiger partial charge in [-0.25, -0.2) is 4.68 Å². The van der Waals surface area contributed by atoms with Gasteiger partial charge in [-0.05, 0) is 17.7 Å². The van der Waals surface area contributed by atoms with Crippen LogP contribution in [0.25, 0.3) is 11.1 Å². The van der Waals surface area contributed by atoms with Gasteiger partial charge in [0.05, 0.1) is 32.5 Å². The van der Waals surface area contributed by atoms with Crippen molar-refractivity contribution in [3.8, 4) is 22.6 Å². The molecule has 0 fully saturated rings. The fourth-order valence-electron chi connectivity index (χ4n) is 3.33. The van der Waals surface area contributed by atoms with Crippen molar-refractivity contribution in [3.63, 3.8) is 0 Å². The van der Waals surface area contributed by atoms with Crippen LogP contribution < -0.4 is 20.1 Å². The summed E-state index contributed by atoms with van der Waals surface area (Å²) in [6, 6.07) is 14.0. The van der Waals surface area contributed by atoms with Crippen LogP contribution in [0.4, 0.5) is 11.5 Å². The molecule has 1 unspecified atom stereocenters. The van der Waals surface area contributed by atoms with Crippen molar-refractivity contribution >= 4 is 23.3 Å². The summed E-state index contributed by atoms with van der Waals surface area (Å²) < 4.78 is 12.0. The topological polar surface area (TPSA) is 94.5 Å². The molecule has 1 aromatic heterocycles. The van der Waals surface area contributed by atoms with Crippen LogP contribution >= 0.6 is 0 Å². The van der Waals surface area contributed by atoms with Gasteiger partial charge < -0.3 is 20.1 Å². The lowest BCUT2D eigenvalue weighted by Gasteiger charge is -2.13. The third kappa shape index (κ3) is 3.52. The van der Waals surface area contributed by atoms with E-state index in [-0.39, 0.29) is 18.2 Å². The Kier molecular flexibility index (Phi) is 4.90. The molecule has 0 radical (unpaired) electrons. The molecule has 0 saturated heterocycles. The van der Waals surface area contributed by atoms with Crippen LogP contribution in [-0.4, -0.2) is 35.8 Å². The van der Waals surface area contributed by atoms with E-state index in [1.807, 2.05) is 30.3 Å². The Morgan fingerprint density at radius 1 is 1.17 bits per heavy atom. The minimum Gasteiger partial charge on any atom is -0.497 e. The first-order chi connectivity index (χ1) is 14.1. The summed E-state index contributed by atoms with van der Waals surface area (Å²) in [6.45, 7) is 0. The summed E-state index contributed by atoms with van der Waals surface area (Å²) in [7, 11) is 3.06. The summed E-state index contributed by atoms with van der Waals surface area (Å²) in [6.07, 6.45) is 1.63. The number of nitrogens with one attached hydrogen (secondary N) is 2. The van der Waals surface area contributed by atoms with Gasteiger partial charge in [-0.1, -0.05) is 30.3 Å². The van der Waals surface area contributed by atoms with E-state index >= 15 is 0 Å². The maximum Gasteiger partial charge on any atom is 0.251 e. The Labute approximate surface area is 167 Å². The second-order valence-electron chi connectivity index (χ2n) is 6.54. The largest absolute Gasteiger partial charge is 0.497 e. The van der Waals surface area contributed by atoms with Gasteiger partial charge in [-0.15, -0.1) is 0 Å². The summed E-state index contributed by atoms with van der Waals surface area (Å²) in [4.78, 5) is 25.1. The van der Waals surface area contributed by atoms with Gasteiger partial charge in [-0.3, -0.25) is 9.59 Å². The van der Waals surface area contributed by atoms with E-state index < -0.39 is 6.04 Å². The van der Waals surface area contributed by atoms with Gasteiger partial charge in [0, 0.05) is 11.6 Å². The molecule has 4 rings (SSSR count).